The molecular formula is C19H25N5O3. The van der Waals surface area contributed by atoms with E-state index < -0.39 is 0 Å². The summed E-state index contributed by atoms with van der Waals surface area (Å²) in [4.78, 5) is 25.5. The Kier molecular flexibility index (Phi) is 6.08. The highest BCUT2D eigenvalue weighted by atomic mass is 16.5. The molecule has 1 aromatic carbocycles. The average Bonchev–Trinajstić information content (AvgIpc) is 2.72. The van der Waals surface area contributed by atoms with Gasteiger partial charge in [-0.05, 0) is 24.7 Å². The van der Waals surface area contributed by atoms with Crippen molar-refractivity contribution in [3.63, 3.8) is 0 Å². The smallest absolute Gasteiger partial charge is 0.254 e. The van der Waals surface area contributed by atoms with Crippen LogP contribution < -0.4 is 19.7 Å². The van der Waals surface area contributed by atoms with Gasteiger partial charge in [0, 0.05) is 45.1 Å². The lowest BCUT2D eigenvalue weighted by atomic mass is 10.2. The summed E-state index contributed by atoms with van der Waals surface area (Å²) in [6.45, 7) is 4.12. The number of nitrogens with zero attached hydrogens (tertiary/aromatic N) is 4. The fraction of sp³-hybridized carbons (Fsp3) is 0.421. The number of carbonyl (C=O) groups is 1. The standard InChI is InChI=1S/C19H25N5O3/c1-23-6-8-24(9-7-23)19-21-12-15(13-22-19)18(25)20-11-14-4-5-16(26-2)17(10-14)27-3/h4-5,10,12-13H,6-9,11H2,1-3H3,(H,20,25). The average molecular weight is 371 g/mol. The molecule has 0 spiro atoms. The molecule has 3 rings (SSSR count). The zero-order chi connectivity index (χ0) is 19.2. The number of hydrogen-bond acceptors (Lipinski definition) is 7. The number of methoxy groups -OCH3 is 2. The lowest BCUT2D eigenvalue weighted by molar-refractivity contribution is 0.0950. The summed E-state index contributed by atoms with van der Waals surface area (Å²) in [5, 5.41) is 2.87. The predicted octanol–water partition coefficient (Wildman–Crippen LogP) is 1.18. The molecule has 8 nitrogen and oxygen atoms in total. The predicted molar refractivity (Wildman–Crippen MR) is 102 cm³/mol. The molecule has 1 fully saturated rings. The van der Waals surface area contributed by atoms with Gasteiger partial charge in [-0.25, -0.2) is 9.97 Å². The topological polar surface area (TPSA) is 79.8 Å². The van der Waals surface area contributed by atoms with E-state index in [0.29, 0.717) is 29.6 Å². The number of piperazine rings is 1. The van der Waals surface area contributed by atoms with Gasteiger partial charge in [-0.3, -0.25) is 4.79 Å². The van der Waals surface area contributed by atoms with Crippen molar-refractivity contribution >= 4 is 11.9 Å². The van der Waals surface area contributed by atoms with Gasteiger partial charge >= 0.3 is 0 Å². The molecule has 144 valence electrons. The number of benzene rings is 1. The SMILES string of the molecule is COc1ccc(CNC(=O)c2cnc(N3CCN(C)CC3)nc2)cc1OC. The van der Waals surface area contributed by atoms with Crippen molar-refractivity contribution in [2.75, 3.05) is 52.3 Å². The maximum Gasteiger partial charge on any atom is 0.254 e. The third-order valence-corrected chi connectivity index (χ3v) is 4.59. The zero-order valence-corrected chi connectivity index (χ0v) is 15.9. The molecule has 1 aromatic heterocycles. The van der Waals surface area contributed by atoms with Gasteiger partial charge in [0.2, 0.25) is 5.95 Å². The van der Waals surface area contributed by atoms with Crippen LogP contribution in [0, 0.1) is 0 Å². The molecular weight excluding hydrogens is 346 g/mol. The van der Waals surface area contributed by atoms with Gasteiger partial charge in [0.05, 0.1) is 19.8 Å². The molecule has 0 atom stereocenters. The first-order valence-corrected chi connectivity index (χ1v) is 8.85. The Balaban J connectivity index is 1.58. The van der Waals surface area contributed by atoms with Crippen molar-refractivity contribution in [3.8, 4) is 11.5 Å². The molecule has 0 unspecified atom stereocenters. The van der Waals surface area contributed by atoms with Crippen LogP contribution in [-0.4, -0.2) is 68.2 Å². The van der Waals surface area contributed by atoms with Crippen LogP contribution in [0.25, 0.3) is 0 Å². The van der Waals surface area contributed by atoms with Crippen molar-refractivity contribution in [3.05, 3.63) is 41.7 Å². The minimum absolute atomic E-state index is 0.213. The highest BCUT2D eigenvalue weighted by Crippen LogP contribution is 2.27. The Morgan fingerprint density at radius 3 is 2.37 bits per heavy atom. The quantitative estimate of drug-likeness (QED) is 0.817. The van der Waals surface area contributed by atoms with Crippen LogP contribution in [0.4, 0.5) is 5.95 Å². The van der Waals surface area contributed by atoms with Crippen LogP contribution in [0.15, 0.2) is 30.6 Å². The van der Waals surface area contributed by atoms with Crippen LogP contribution in [-0.2, 0) is 6.54 Å². The van der Waals surface area contributed by atoms with Crippen molar-refractivity contribution in [1.82, 2.24) is 20.2 Å². The summed E-state index contributed by atoms with van der Waals surface area (Å²) >= 11 is 0. The van der Waals surface area contributed by atoms with Crippen molar-refractivity contribution in [2.24, 2.45) is 0 Å². The van der Waals surface area contributed by atoms with Crippen molar-refractivity contribution < 1.29 is 14.3 Å². The first-order valence-electron chi connectivity index (χ1n) is 8.85. The highest BCUT2D eigenvalue weighted by molar-refractivity contribution is 5.93. The van der Waals surface area contributed by atoms with Gasteiger partial charge in [-0.15, -0.1) is 0 Å². The maximum atomic E-state index is 12.4. The van der Waals surface area contributed by atoms with Gasteiger partial charge in [0.1, 0.15) is 0 Å². The summed E-state index contributed by atoms with van der Waals surface area (Å²) in [7, 11) is 5.27. The molecule has 0 aliphatic carbocycles. The first kappa shape index (κ1) is 18.9. The normalized spacial score (nSPS) is 14.7. The third-order valence-electron chi connectivity index (χ3n) is 4.59. The van der Waals surface area contributed by atoms with Crippen LogP contribution in [0.2, 0.25) is 0 Å². The molecule has 1 aliphatic heterocycles. The second-order valence-corrected chi connectivity index (χ2v) is 6.43. The number of rotatable bonds is 6. The summed E-state index contributed by atoms with van der Waals surface area (Å²) in [6.07, 6.45) is 3.15. The van der Waals surface area contributed by atoms with Crippen LogP contribution >= 0.6 is 0 Å². The minimum Gasteiger partial charge on any atom is -0.493 e. The molecule has 2 heterocycles. The largest absolute Gasteiger partial charge is 0.493 e. The van der Waals surface area contributed by atoms with E-state index in [1.807, 2.05) is 18.2 Å². The summed E-state index contributed by atoms with van der Waals surface area (Å²) in [6, 6.07) is 5.54. The number of aromatic nitrogens is 2. The van der Waals surface area contributed by atoms with E-state index in [0.717, 1.165) is 31.7 Å². The molecule has 1 saturated heterocycles. The Bertz CT molecular complexity index is 773. The van der Waals surface area contributed by atoms with E-state index in [4.69, 9.17) is 9.47 Å². The number of amides is 1. The molecule has 0 bridgehead atoms. The Morgan fingerprint density at radius 2 is 1.74 bits per heavy atom. The van der Waals surface area contributed by atoms with Crippen LogP contribution in [0.5, 0.6) is 11.5 Å². The molecule has 0 radical (unpaired) electrons. The Hall–Kier alpha value is -2.87. The van der Waals surface area contributed by atoms with Crippen molar-refractivity contribution in [2.45, 2.75) is 6.54 Å². The fourth-order valence-electron chi connectivity index (χ4n) is 2.88. The van der Waals surface area contributed by atoms with Crippen molar-refractivity contribution in [1.29, 1.82) is 0 Å². The van der Waals surface area contributed by atoms with Gasteiger partial charge in [-0.1, -0.05) is 6.07 Å². The van der Waals surface area contributed by atoms with E-state index in [2.05, 4.69) is 32.1 Å². The number of anilines is 1. The Labute approximate surface area is 159 Å². The lowest BCUT2D eigenvalue weighted by Crippen LogP contribution is -2.45. The van der Waals surface area contributed by atoms with Crippen LogP contribution in [0.3, 0.4) is 0 Å². The number of nitrogens with one attached hydrogen (secondary N) is 1. The Morgan fingerprint density at radius 1 is 1.07 bits per heavy atom. The molecule has 1 amide bonds. The highest BCUT2D eigenvalue weighted by Gasteiger charge is 2.17. The zero-order valence-electron chi connectivity index (χ0n) is 15.9. The van der Waals surface area contributed by atoms with Crippen LogP contribution in [0.1, 0.15) is 15.9 Å². The molecule has 2 aromatic rings. The van der Waals surface area contributed by atoms with E-state index >= 15 is 0 Å². The van der Waals surface area contributed by atoms with E-state index in [1.54, 1.807) is 26.6 Å². The van der Waals surface area contributed by atoms with E-state index in [-0.39, 0.29) is 5.91 Å². The van der Waals surface area contributed by atoms with E-state index in [1.165, 1.54) is 0 Å². The van der Waals surface area contributed by atoms with Gasteiger partial charge in [0.15, 0.2) is 11.5 Å². The monoisotopic (exact) mass is 371 g/mol. The molecule has 0 saturated carbocycles. The van der Waals surface area contributed by atoms with Gasteiger partial charge < -0.3 is 24.6 Å². The number of likely N-dealkylation sites (N-methyl/N-ethyl adjacent to an activating group) is 1. The molecule has 8 heteroatoms. The summed E-state index contributed by atoms with van der Waals surface area (Å²) in [5.41, 5.74) is 1.35. The van der Waals surface area contributed by atoms with Gasteiger partial charge in [0.25, 0.3) is 5.91 Å². The molecule has 1 aliphatic rings. The molecule has 1 N–H and O–H groups in total. The summed E-state index contributed by atoms with van der Waals surface area (Å²) in [5.74, 6) is 1.74. The minimum atomic E-state index is -0.213. The fourth-order valence-corrected chi connectivity index (χ4v) is 2.88. The molecule has 27 heavy (non-hydrogen) atoms. The van der Waals surface area contributed by atoms with E-state index in [9.17, 15) is 4.79 Å². The first-order chi connectivity index (χ1) is 13.1. The number of ether oxygens (including phenoxy) is 2. The number of carbonyl (C=O) groups excluding carboxylic acids is 1. The second kappa shape index (κ2) is 8.68. The maximum absolute atomic E-state index is 12.4. The van der Waals surface area contributed by atoms with Gasteiger partial charge in [-0.2, -0.15) is 0 Å². The number of hydrogen-bond donors (Lipinski definition) is 1. The second-order valence-electron chi connectivity index (χ2n) is 6.43. The lowest BCUT2D eigenvalue weighted by Gasteiger charge is -2.32. The third kappa shape index (κ3) is 4.65. The summed E-state index contributed by atoms with van der Waals surface area (Å²) < 4.78 is 10.5.